The number of carbonyl (C=O) groups excluding carboxylic acids is 1. The smallest absolute Gasteiger partial charge is 0.258 e. The number of hydrogen-bond acceptors (Lipinski definition) is 4. The summed E-state index contributed by atoms with van der Waals surface area (Å²) in [7, 11) is -3.80. The zero-order valence-electron chi connectivity index (χ0n) is 15.5. The number of amides is 1. The van der Waals surface area contributed by atoms with Gasteiger partial charge in [-0.3, -0.25) is 4.79 Å². The molecule has 2 aromatic carbocycles. The Morgan fingerprint density at radius 1 is 1.11 bits per heavy atom. The third kappa shape index (κ3) is 4.64. The van der Waals surface area contributed by atoms with Crippen molar-refractivity contribution < 1.29 is 22.3 Å². The van der Waals surface area contributed by atoms with Crippen LogP contribution in [0.1, 0.15) is 31.1 Å². The lowest BCUT2D eigenvalue weighted by atomic mass is 10.2. The highest BCUT2D eigenvalue weighted by Gasteiger charge is 2.26. The van der Waals surface area contributed by atoms with Gasteiger partial charge in [-0.15, -0.1) is 0 Å². The molecule has 0 aromatic heterocycles. The molecule has 2 rings (SSSR count). The molecule has 0 radical (unpaired) electrons. The van der Waals surface area contributed by atoms with Crippen molar-refractivity contribution in [2.75, 3.05) is 25.0 Å². The molecule has 27 heavy (non-hydrogen) atoms. The molecule has 1 amide bonds. The van der Waals surface area contributed by atoms with Crippen LogP contribution in [0.5, 0.6) is 5.75 Å². The highest BCUT2D eigenvalue weighted by molar-refractivity contribution is 7.89. The molecule has 0 fully saturated rings. The van der Waals surface area contributed by atoms with Crippen LogP contribution in [0.2, 0.25) is 0 Å². The average molecular weight is 394 g/mol. The van der Waals surface area contributed by atoms with Gasteiger partial charge < -0.3 is 10.1 Å². The number of benzene rings is 2. The molecule has 1 N–H and O–H groups in total. The predicted octanol–water partition coefficient (Wildman–Crippen LogP) is 3.51. The molecule has 0 saturated heterocycles. The van der Waals surface area contributed by atoms with Crippen molar-refractivity contribution in [3.63, 3.8) is 0 Å². The van der Waals surface area contributed by atoms with Gasteiger partial charge in [0.2, 0.25) is 10.0 Å². The molecule has 0 bridgehead atoms. The van der Waals surface area contributed by atoms with Crippen molar-refractivity contribution in [2.45, 2.75) is 25.7 Å². The van der Waals surface area contributed by atoms with Crippen LogP contribution in [0.15, 0.2) is 47.4 Å². The molecule has 146 valence electrons. The summed E-state index contributed by atoms with van der Waals surface area (Å²) < 4.78 is 46.4. The zero-order valence-corrected chi connectivity index (χ0v) is 16.3. The summed E-state index contributed by atoms with van der Waals surface area (Å²) in [6.45, 7) is 6.13. The lowest BCUT2D eigenvalue weighted by molar-refractivity contribution is 0.102. The first-order valence-electron chi connectivity index (χ1n) is 8.68. The van der Waals surface area contributed by atoms with Gasteiger partial charge in [0.05, 0.1) is 12.2 Å². The van der Waals surface area contributed by atoms with Crippen molar-refractivity contribution in [3.8, 4) is 5.75 Å². The third-order valence-corrected chi connectivity index (χ3v) is 6.01. The molecule has 0 unspecified atom stereocenters. The minimum Gasteiger partial charge on any atom is -0.492 e. The number of sulfonamides is 1. The van der Waals surface area contributed by atoms with Crippen molar-refractivity contribution in [1.82, 2.24) is 4.31 Å². The molecule has 2 aromatic rings. The second-order valence-electron chi connectivity index (χ2n) is 5.62. The van der Waals surface area contributed by atoms with E-state index in [4.69, 9.17) is 4.74 Å². The molecule has 0 aliphatic carbocycles. The summed E-state index contributed by atoms with van der Waals surface area (Å²) in [5.74, 6) is -1.12. The summed E-state index contributed by atoms with van der Waals surface area (Å²) in [4.78, 5) is 12.3. The maximum Gasteiger partial charge on any atom is 0.258 e. The zero-order chi connectivity index (χ0) is 20.0. The normalized spacial score (nSPS) is 11.4. The quantitative estimate of drug-likeness (QED) is 0.743. The number of rotatable bonds is 8. The molecular weight excluding hydrogens is 371 g/mol. The van der Waals surface area contributed by atoms with Gasteiger partial charge >= 0.3 is 0 Å². The van der Waals surface area contributed by atoms with Crippen LogP contribution in [0.25, 0.3) is 0 Å². The second kappa shape index (κ2) is 8.96. The van der Waals surface area contributed by atoms with Gasteiger partial charge in [0, 0.05) is 18.8 Å². The van der Waals surface area contributed by atoms with Crippen molar-refractivity contribution in [3.05, 3.63) is 53.8 Å². The van der Waals surface area contributed by atoms with Crippen LogP contribution in [-0.2, 0) is 10.0 Å². The Balaban J connectivity index is 2.43. The van der Waals surface area contributed by atoms with E-state index < -0.39 is 21.7 Å². The SMILES string of the molecule is CCOc1ccc(NC(=O)c2ccccc2F)cc1S(=O)(=O)N(CC)CC. The topological polar surface area (TPSA) is 75.7 Å². The van der Waals surface area contributed by atoms with E-state index in [2.05, 4.69) is 5.32 Å². The predicted molar refractivity (Wildman–Crippen MR) is 102 cm³/mol. The molecule has 0 spiro atoms. The van der Waals surface area contributed by atoms with Crippen LogP contribution < -0.4 is 10.1 Å². The fourth-order valence-corrected chi connectivity index (χ4v) is 4.22. The van der Waals surface area contributed by atoms with Crippen molar-refractivity contribution in [1.29, 1.82) is 0 Å². The van der Waals surface area contributed by atoms with E-state index in [1.165, 1.54) is 40.7 Å². The van der Waals surface area contributed by atoms with Crippen LogP contribution in [0.3, 0.4) is 0 Å². The molecule has 6 nitrogen and oxygen atoms in total. The molecule has 8 heteroatoms. The molecule has 0 aliphatic heterocycles. The van der Waals surface area contributed by atoms with Gasteiger partial charge in [0.15, 0.2) is 0 Å². The molecule has 0 atom stereocenters. The van der Waals surface area contributed by atoms with Crippen LogP contribution in [0.4, 0.5) is 10.1 Å². The number of nitrogens with zero attached hydrogens (tertiary/aromatic N) is 1. The van der Waals surface area contributed by atoms with Gasteiger partial charge in [-0.1, -0.05) is 26.0 Å². The van der Waals surface area contributed by atoms with Crippen LogP contribution >= 0.6 is 0 Å². The van der Waals surface area contributed by atoms with E-state index in [1.54, 1.807) is 26.8 Å². The summed E-state index contributed by atoms with van der Waals surface area (Å²) in [6, 6.07) is 9.90. The molecule has 0 aliphatic rings. The number of nitrogens with one attached hydrogen (secondary N) is 1. The van der Waals surface area contributed by atoms with Crippen molar-refractivity contribution in [2.24, 2.45) is 0 Å². The van der Waals surface area contributed by atoms with Crippen LogP contribution in [0, 0.1) is 5.82 Å². The van der Waals surface area contributed by atoms with E-state index in [-0.39, 0.29) is 21.9 Å². The fourth-order valence-electron chi connectivity index (χ4n) is 2.61. The Bertz CT molecular complexity index is 912. The fraction of sp³-hybridized carbons (Fsp3) is 0.316. The minimum absolute atomic E-state index is 0.0422. The molecule has 0 saturated carbocycles. The number of anilines is 1. The third-order valence-electron chi connectivity index (χ3n) is 3.94. The Morgan fingerprint density at radius 3 is 2.37 bits per heavy atom. The second-order valence-corrected chi connectivity index (χ2v) is 7.52. The number of carbonyl (C=O) groups is 1. The first-order chi connectivity index (χ1) is 12.8. The van der Waals surface area contributed by atoms with E-state index in [0.29, 0.717) is 19.7 Å². The van der Waals surface area contributed by atoms with E-state index in [9.17, 15) is 17.6 Å². The summed E-state index contributed by atoms with van der Waals surface area (Å²) in [6.07, 6.45) is 0. The number of halogens is 1. The Hall–Kier alpha value is -2.45. The lowest BCUT2D eigenvalue weighted by Gasteiger charge is -2.21. The summed E-state index contributed by atoms with van der Waals surface area (Å²) >= 11 is 0. The van der Waals surface area contributed by atoms with E-state index in [0.717, 1.165) is 0 Å². The number of hydrogen-bond donors (Lipinski definition) is 1. The van der Waals surface area contributed by atoms with Gasteiger partial charge in [0.25, 0.3) is 5.91 Å². The summed E-state index contributed by atoms with van der Waals surface area (Å²) in [5.41, 5.74) is 0.108. The molecular formula is C19H23FN2O4S. The maximum absolute atomic E-state index is 13.8. The maximum atomic E-state index is 13.8. The first kappa shape index (κ1) is 20.9. The van der Waals surface area contributed by atoms with Gasteiger partial charge in [0.1, 0.15) is 16.5 Å². The Morgan fingerprint density at radius 2 is 1.78 bits per heavy atom. The van der Waals surface area contributed by atoms with Gasteiger partial charge in [-0.2, -0.15) is 4.31 Å². The number of ether oxygens (including phenoxy) is 1. The van der Waals surface area contributed by atoms with Gasteiger partial charge in [-0.25, -0.2) is 12.8 Å². The van der Waals surface area contributed by atoms with E-state index in [1.807, 2.05) is 0 Å². The molecule has 0 heterocycles. The standard InChI is InChI=1S/C19H23FN2O4S/c1-4-22(5-2)27(24,25)18-13-14(11-12-17(18)26-6-3)21-19(23)15-9-7-8-10-16(15)20/h7-13H,4-6H2,1-3H3,(H,21,23). The Kier molecular flexibility index (Phi) is 6.92. The van der Waals surface area contributed by atoms with Gasteiger partial charge in [-0.05, 0) is 37.3 Å². The Labute approximate surface area is 159 Å². The highest BCUT2D eigenvalue weighted by atomic mass is 32.2. The monoisotopic (exact) mass is 394 g/mol. The lowest BCUT2D eigenvalue weighted by Crippen LogP contribution is -2.31. The average Bonchev–Trinajstić information content (AvgIpc) is 2.64. The van der Waals surface area contributed by atoms with E-state index >= 15 is 0 Å². The largest absolute Gasteiger partial charge is 0.492 e. The summed E-state index contributed by atoms with van der Waals surface area (Å²) in [5, 5.41) is 2.54. The first-order valence-corrected chi connectivity index (χ1v) is 10.1. The van der Waals surface area contributed by atoms with Crippen LogP contribution in [-0.4, -0.2) is 38.3 Å². The highest BCUT2D eigenvalue weighted by Crippen LogP contribution is 2.30. The van der Waals surface area contributed by atoms with Crippen molar-refractivity contribution >= 4 is 21.6 Å². The minimum atomic E-state index is -3.80.